The number of rotatable bonds is 5. The number of carbonyl (C=O) groups is 1. The van der Waals surface area contributed by atoms with E-state index in [0.29, 0.717) is 5.69 Å². The molecule has 0 fully saturated rings. The summed E-state index contributed by atoms with van der Waals surface area (Å²) >= 11 is 6.95. The molecule has 0 aliphatic rings. The lowest BCUT2D eigenvalue weighted by Crippen LogP contribution is -2.17. The van der Waals surface area contributed by atoms with Crippen LogP contribution < -0.4 is 11.2 Å². The molecule has 1 amide bonds. The zero-order valence-corrected chi connectivity index (χ0v) is 14.3. The Morgan fingerprint density at radius 1 is 1.28 bits per heavy atom. The highest BCUT2D eigenvalue weighted by Crippen LogP contribution is 2.24. The summed E-state index contributed by atoms with van der Waals surface area (Å²) in [7, 11) is 0. The van der Waals surface area contributed by atoms with E-state index in [1.54, 1.807) is 30.3 Å². The van der Waals surface area contributed by atoms with Crippen molar-refractivity contribution in [1.82, 2.24) is 19.9 Å². The highest BCUT2D eigenvalue weighted by molar-refractivity contribution is 7.99. The molecular formula is C15H12ClFN6OS. The second-order valence-electron chi connectivity index (χ2n) is 4.83. The van der Waals surface area contributed by atoms with Gasteiger partial charge in [0.15, 0.2) is 11.0 Å². The Balaban J connectivity index is 1.67. The van der Waals surface area contributed by atoms with Gasteiger partial charge in [-0.3, -0.25) is 4.79 Å². The third-order valence-corrected chi connectivity index (χ3v) is 4.39. The molecular weight excluding hydrogens is 367 g/mol. The van der Waals surface area contributed by atoms with Crippen LogP contribution in [0.3, 0.4) is 0 Å². The predicted octanol–water partition coefficient (Wildman–Crippen LogP) is 2.58. The van der Waals surface area contributed by atoms with Gasteiger partial charge in [0.25, 0.3) is 0 Å². The third-order valence-electron chi connectivity index (χ3n) is 3.14. The molecule has 0 bridgehead atoms. The first-order chi connectivity index (χ1) is 12.1. The van der Waals surface area contributed by atoms with Crippen LogP contribution in [0.4, 0.5) is 10.1 Å². The Morgan fingerprint density at radius 3 is 2.84 bits per heavy atom. The average molecular weight is 379 g/mol. The largest absolute Gasteiger partial charge is 0.335 e. The van der Waals surface area contributed by atoms with Crippen LogP contribution in [0.2, 0.25) is 5.15 Å². The quantitative estimate of drug-likeness (QED) is 0.402. The van der Waals surface area contributed by atoms with Gasteiger partial charge in [0.1, 0.15) is 5.82 Å². The van der Waals surface area contributed by atoms with E-state index in [1.165, 1.54) is 12.3 Å². The minimum atomic E-state index is -0.456. The minimum Gasteiger partial charge on any atom is -0.335 e. The second-order valence-corrected chi connectivity index (χ2v) is 6.14. The molecule has 25 heavy (non-hydrogen) atoms. The lowest BCUT2D eigenvalue weighted by Gasteiger charge is -2.06. The summed E-state index contributed by atoms with van der Waals surface area (Å²) in [6.45, 7) is 0. The molecule has 0 spiro atoms. The number of benzene rings is 1. The summed E-state index contributed by atoms with van der Waals surface area (Å²) in [5.74, 6) is 5.35. The summed E-state index contributed by atoms with van der Waals surface area (Å²) in [5, 5.41) is 10.9. The summed E-state index contributed by atoms with van der Waals surface area (Å²) in [5.41, 5.74) is 0.645. The van der Waals surface area contributed by atoms with Crippen molar-refractivity contribution in [2.75, 3.05) is 16.9 Å². The average Bonchev–Trinajstić information content (AvgIpc) is 2.96. The fourth-order valence-electron chi connectivity index (χ4n) is 2.00. The number of carbonyl (C=O) groups excluding carboxylic acids is 1. The molecule has 0 unspecified atom stereocenters. The van der Waals surface area contributed by atoms with Crippen LogP contribution >= 0.6 is 23.4 Å². The molecule has 3 aromatic rings. The van der Waals surface area contributed by atoms with E-state index < -0.39 is 5.82 Å². The number of pyridine rings is 1. The molecule has 3 rings (SSSR count). The summed E-state index contributed by atoms with van der Waals surface area (Å²) in [6, 6.07) is 9.40. The first-order valence-electron chi connectivity index (χ1n) is 7.05. The van der Waals surface area contributed by atoms with Gasteiger partial charge in [-0.25, -0.2) is 14.1 Å². The fraction of sp³-hybridized carbons (Fsp3) is 0.0667. The molecule has 0 atom stereocenters. The van der Waals surface area contributed by atoms with Crippen LogP contribution in [-0.2, 0) is 4.79 Å². The van der Waals surface area contributed by atoms with Crippen molar-refractivity contribution in [2.24, 2.45) is 0 Å². The van der Waals surface area contributed by atoms with Gasteiger partial charge in [-0.15, -0.1) is 10.2 Å². The smallest absolute Gasteiger partial charge is 0.234 e. The molecule has 2 heterocycles. The predicted molar refractivity (Wildman–Crippen MR) is 94.2 cm³/mol. The number of hydrogen-bond acceptors (Lipinski definition) is 6. The Labute approximate surface area is 151 Å². The first kappa shape index (κ1) is 17.2. The molecule has 0 aliphatic heterocycles. The molecule has 3 N–H and O–H groups in total. The molecule has 10 heteroatoms. The molecule has 0 saturated heterocycles. The van der Waals surface area contributed by atoms with Crippen molar-refractivity contribution in [3.05, 3.63) is 53.6 Å². The SMILES string of the molecule is Nn1c(SCC(=O)Nc2cccnc2Cl)nnc1-c1ccccc1F. The van der Waals surface area contributed by atoms with Crippen LogP contribution in [0.25, 0.3) is 11.4 Å². The van der Waals surface area contributed by atoms with E-state index >= 15 is 0 Å². The van der Waals surface area contributed by atoms with Crippen LogP contribution in [0.15, 0.2) is 47.8 Å². The highest BCUT2D eigenvalue weighted by atomic mass is 35.5. The van der Waals surface area contributed by atoms with Gasteiger partial charge in [0, 0.05) is 6.20 Å². The van der Waals surface area contributed by atoms with Gasteiger partial charge in [-0.05, 0) is 24.3 Å². The van der Waals surface area contributed by atoms with Crippen molar-refractivity contribution >= 4 is 35.0 Å². The van der Waals surface area contributed by atoms with E-state index in [1.807, 2.05) is 0 Å². The fourth-order valence-corrected chi connectivity index (χ4v) is 2.82. The monoisotopic (exact) mass is 378 g/mol. The number of thioether (sulfide) groups is 1. The maximum absolute atomic E-state index is 13.8. The Hall–Kier alpha value is -2.65. The van der Waals surface area contributed by atoms with Gasteiger partial charge in [0.2, 0.25) is 11.1 Å². The molecule has 1 aromatic carbocycles. The van der Waals surface area contributed by atoms with E-state index in [9.17, 15) is 9.18 Å². The van der Waals surface area contributed by atoms with Crippen molar-refractivity contribution in [2.45, 2.75) is 5.16 Å². The lowest BCUT2D eigenvalue weighted by molar-refractivity contribution is -0.113. The first-order valence-corrected chi connectivity index (χ1v) is 8.41. The molecule has 2 aromatic heterocycles. The molecule has 0 radical (unpaired) electrons. The number of aromatic nitrogens is 4. The Kier molecular flexibility index (Phi) is 5.15. The molecule has 0 saturated carbocycles. The number of halogens is 2. The van der Waals surface area contributed by atoms with Gasteiger partial charge in [-0.1, -0.05) is 35.5 Å². The van der Waals surface area contributed by atoms with Gasteiger partial charge >= 0.3 is 0 Å². The van der Waals surface area contributed by atoms with Crippen molar-refractivity contribution in [3.8, 4) is 11.4 Å². The second kappa shape index (κ2) is 7.49. The highest BCUT2D eigenvalue weighted by Gasteiger charge is 2.16. The van der Waals surface area contributed by atoms with E-state index in [2.05, 4.69) is 20.5 Å². The Morgan fingerprint density at radius 2 is 2.08 bits per heavy atom. The van der Waals surface area contributed by atoms with Crippen LogP contribution in [-0.4, -0.2) is 31.5 Å². The zero-order valence-electron chi connectivity index (χ0n) is 12.7. The van der Waals surface area contributed by atoms with Crippen LogP contribution in [0.1, 0.15) is 0 Å². The standard InChI is InChI=1S/C15H12ClFN6OS/c16-13-11(6-3-7-19-13)20-12(24)8-25-15-22-21-14(23(15)18)9-4-1-2-5-10(9)17/h1-7H,8,18H2,(H,20,24). The summed E-state index contributed by atoms with van der Waals surface area (Å²) < 4.78 is 15.0. The number of nitrogens with one attached hydrogen (secondary N) is 1. The lowest BCUT2D eigenvalue weighted by atomic mass is 10.2. The summed E-state index contributed by atoms with van der Waals surface area (Å²) in [4.78, 5) is 15.9. The number of anilines is 1. The van der Waals surface area contributed by atoms with Crippen molar-refractivity contribution in [1.29, 1.82) is 0 Å². The van der Waals surface area contributed by atoms with E-state index in [4.69, 9.17) is 17.4 Å². The minimum absolute atomic E-state index is 0.0256. The maximum atomic E-state index is 13.8. The van der Waals surface area contributed by atoms with Gasteiger partial charge < -0.3 is 11.2 Å². The normalized spacial score (nSPS) is 10.6. The number of amides is 1. The van der Waals surface area contributed by atoms with E-state index in [-0.39, 0.29) is 33.4 Å². The molecule has 7 nitrogen and oxygen atoms in total. The van der Waals surface area contributed by atoms with Crippen LogP contribution in [0.5, 0.6) is 0 Å². The number of nitrogen functional groups attached to an aromatic ring is 1. The molecule has 0 aliphatic carbocycles. The van der Waals surface area contributed by atoms with Gasteiger partial charge in [-0.2, -0.15) is 0 Å². The number of nitrogens with zero attached hydrogens (tertiary/aromatic N) is 4. The van der Waals surface area contributed by atoms with Crippen molar-refractivity contribution < 1.29 is 9.18 Å². The number of nitrogens with two attached hydrogens (primary N) is 1. The van der Waals surface area contributed by atoms with Crippen LogP contribution in [0, 0.1) is 5.82 Å². The molecule has 128 valence electrons. The number of hydrogen-bond donors (Lipinski definition) is 2. The summed E-state index contributed by atoms with van der Waals surface area (Å²) in [6.07, 6.45) is 1.52. The van der Waals surface area contributed by atoms with E-state index in [0.717, 1.165) is 16.4 Å². The maximum Gasteiger partial charge on any atom is 0.234 e. The Bertz CT molecular complexity index is 919. The topological polar surface area (TPSA) is 98.7 Å². The van der Waals surface area contributed by atoms with Crippen molar-refractivity contribution in [3.63, 3.8) is 0 Å². The zero-order chi connectivity index (χ0) is 17.8. The van der Waals surface area contributed by atoms with Gasteiger partial charge in [0.05, 0.1) is 17.0 Å². The third kappa shape index (κ3) is 3.89.